The van der Waals surface area contributed by atoms with E-state index in [-0.39, 0.29) is 6.04 Å². The fourth-order valence-electron chi connectivity index (χ4n) is 4.34. The molecule has 1 saturated heterocycles. The Labute approximate surface area is 193 Å². The predicted molar refractivity (Wildman–Crippen MR) is 128 cm³/mol. The van der Waals surface area contributed by atoms with Crippen LogP contribution >= 0.6 is 11.8 Å². The number of hydrogen-bond donors (Lipinski definition) is 2. The van der Waals surface area contributed by atoms with Crippen molar-refractivity contribution in [3.05, 3.63) is 53.6 Å². The largest absolute Gasteiger partial charge is 0.379 e. The zero-order valence-electron chi connectivity index (χ0n) is 18.6. The van der Waals surface area contributed by atoms with E-state index < -0.39 is 11.8 Å². The first kappa shape index (κ1) is 22.6. The summed E-state index contributed by atoms with van der Waals surface area (Å²) < 4.78 is 5.52. The number of hydrogen-bond acceptors (Lipinski definition) is 6. The van der Waals surface area contributed by atoms with Gasteiger partial charge < -0.3 is 20.3 Å². The van der Waals surface area contributed by atoms with Crippen molar-refractivity contribution in [3.8, 4) is 0 Å². The summed E-state index contributed by atoms with van der Waals surface area (Å²) >= 11 is 1.52. The molecule has 2 aromatic carbocycles. The van der Waals surface area contributed by atoms with Gasteiger partial charge in [0.15, 0.2) is 0 Å². The zero-order valence-corrected chi connectivity index (χ0v) is 19.4. The van der Waals surface area contributed by atoms with E-state index in [1.807, 2.05) is 24.5 Å². The van der Waals surface area contributed by atoms with Crippen LogP contribution in [0.1, 0.15) is 17.2 Å². The molecule has 2 aliphatic heterocycles. The summed E-state index contributed by atoms with van der Waals surface area (Å²) in [5, 5.41) is 5.59. The van der Waals surface area contributed by atoms with Crippen molar-refractivity contribution >= 4 is 35.0 Å². The molecular weight excluding hydrogens is 424 g/mol. The van der Waals surface area contributed by atoms with E-state index >= 15 is 0 Å². The number of nitrogens with one attached hydrogen (secondary N) is 2. The van der Waals surface area contributed by atoms with Crippen molar-refractivity contribution in [2.75, 3.05) is 62.9 Å². The van der Waals surface area contributed by atoms with Gasteiger partial charge in [0.05, 0.1) is 24.9 Å². The fraction of sp³-hybridized carbons (Fsp3) is 0.417. The lowest BCUT2D eigenvalue weighted by Gasteiger charge is -2.35. The van der Waals surface area contributed by atoms with Crippen LogP contribution in [0.15, 0.2) is 47.4 Å². The fourth-order valence-corrected chi connectivity index (χ4v) is 4.89. The van der Waals surface area contributed by atoms with Crippen LogP contribution in [-0.4, -0.2) is 69.4 Å². The molecule has 2 aromatic rings. The average molecular weight is 455 g/mol. The van der Waals surface area contributed by atoms with E-state index in [0.29, 0.717) is 25.4 Å². The minimum atomic E-state index is -0.650. The van der Waals surface area contributed by atoms with E-state index in [4.69, 9.17) is 4.74 Å². The van der Waals surface area contributed by atoms with Gasteiger partial charge in [0.2, 0.25) is 0 Å². The number of rotatable bonds is 6. The molecule has 0 unspecified atom stereocenters. The van der Waals surface area contributed by atoms with Crippen molar-refractivity contribution in [2.24, 2.45) is 0 Å². The Bertz CT molecular complexity index is 977. The minimum Gasteiger partial charge on any atom is -0.379 e. The first-order valence-corrected chi connectivity index (χ1v) is 12.2. The molecule has 0 spiro atoms. The van der Waals surface area contributed by atoms with Crippen LogP contribution in [0.5, 0.6) is 0 Å². The molecule has 2 amide bonds. The van der Waals surface area contributed by atoms with Crippen molar-refractivity contribution < 1.29 is 14.3 Å². The molecule has 1 atom stereocenters. The second-order valence-corrected chi connectivity index (χ2v) is 8.94. The number of fused-ring (bicyclic) bond motifs is 1. The maximum absolute atomic E-state index is 12.6. The summed E-state index contributed by atoms with van der Waals surface area (Å²) in [6.45, 7) is 4.32. The summed E-state index contributed by atoms with van der Waals surface area (Å²) in [5.74, 6) is -1.28. The SMILES string of the molecule is CSc1ccccc1NC(=O)C(=O)NC[C@H](c1ccc2c(c1)CCN2C)N1CCOCC1. The van der Waals surface area contributed by atoms with Gasteiger partial charge in [0.25, 0.3) is 0 Å². The van der Waals surface area contributed by atoms with Crippen LogP contribution in [0.3, 0.4) is 0 Å². The van der Waals surface area contributed by atoms with Gasteiger partial charge in [-0.15, -0.1) is 11.8 Å². The summed E-state index contributed by atoms with van der Waals surface area (Å²) in [7, 11) is 2.11. The number of amides is 2. The lowest BCUT2D eigenvalue weighted by molar-refractivity contribution is -0.136. The maximum Gasteiger partial charge on any atom is 0.313 e. The summed E-state index contributed by atoms with van der Waals surface area (Å²) in [6, 6.07) is 14.0. The number of thioether (sulfide) groups is 1. The second kappa shape index (κ2) is 10.4. The number of likely N-dealkylation sites (N-methyl/N-ethyl adjacent to an activating group) is 1. The van der Waals surface area contributed by atoms with Crippen LogP contribution in [-0.2, 0) is 20.7 Å². The Morgan fingerprint density at radius 1 is 1.09 bits per heavy atom. The van der Waals surface area contributed by atoms with Gasteiger partial charge in [-0.3, -0.25) is 14.5 Å². The lowest BCUT2D eigenvalue weighted by atomic mass is 10.0. The topological polar surface area (TPSA) is 73.9 Å². The molecular formula is C24H30N4O3S. The van der Waals surface area contributed by atoms with E-state index in [1.54, 1.807) is 6.07 Å². The van der Waals surface area contributed by atoms with Gasteiger partial charge in [-0.05, 0) is 42.0 Å². The molecule has 170 valence electrons. The minimum absolute atomic E-state index is 0.00894. The number of carbonyl (C=O) groups excluding carboxylic acids is 2. The molecule has 1 fully saturated rings. The number of anilines is 2. The van der Waals surface area contributed by atoms with Gasteiger partial charge in [-0.25, -0.2) is 0 Å². The number of nitrogens with zero attached hydrogens (tertiary/aromatic N) is 2. The monoisotopic (exact) mass is 454 g/mol. The van der Waals surface area contributed by atoms with Crippen LogP contribution in [0.4, 0.5) is 11.4 Å². The highest BCUT2D eigenvalue weighted by molar-refractivity contribution is 7.98. The van der Waals surface area contributed by atoms with Crippen LogP contribution in [0, 0.1) is 0 Å². The van der Waals surface area contributed by atoms with Gasteiger partial charge in [0, 0.05) is 43.8 Å². The maximum atomic E-state index is 12.6. The molecule has 32 heavy (non-hydrogen) atoms. The van der Waals surface area contributed by atoms with Crippen molar-refractivity contribution in [2.45, 2.75) is 17.4 Å². The molecule has 0 saturated carbocycles. The van der Waals surface area contributed by atoms with E-state index in [9.17, 15) is 9.59 Å². The molecule has 2 heterocycles. The lowest BCUT2D eigenvalue weighted by Crippen LogP contribution is -2.45. The number of carbonyl (C=O) groups is 2. The number of morpholine rings is 1. The second-order valence-electron chi connectivity index (χ2n) is 8.09. The molecule has 8 heteroatoms. The van der Waals surface area contributed by atoms with Crippen LogP contribution < -0.4 is 15.5 Å². The normalized spacial score (nSPS) is 17.0. The Balaban J connectivity index is 1.45. The first-order chi connectivity index (χ1) is 15.6. The molecule has 0 radical (unpaired) electrons. The molecule has 4 rings (SSSR count). The van der Waals surface area contributed by atoms with E-state index in [1.165, 1.54) is 23.0 Å². The van der Waals surface area contributed by atoms with Gasteiger partial charge >= 0.3 is 11.8 Å². The Kier molecular flexibility index (Phi) is 7.34. The molecule has 2 aliphatic rings. The number of para-hydroxylation sites is 1. The van der Waals surface area contributed by atoms with Crippen molar-refractivity contribution in [1.29, 1.82) is 0 Å². The van der Waals surface area contributed by atoms with Gasteiger partial charge in [-0.1, -0.05) is 24.3 Å². The molecule has 7 nitrogen and oxygen atoms in total. The standard InChI is InChI=1S/C24H30N4O3S/c1-27-10-9-18-15-17(7-8-20(18)27)21(28-11-13-31-14-12-28)16-25-23(29)24(30)26-19-5-3-4-6-22(19)32-2/h3-8,15,21H,9-14,16H2,1-2H3,(H,25,29)(H,26,30)/t21-/m1/s1. The van der Waals surface area contributed by atoms with Crippen molar-refractivity contribution in [3.63, 3.8) is 0 Å². The summed E-state index contributed by atoms with van der Waals surface area (Å²) in [6.07, 6.45) is 2.96. The van der Waals surface area contributed by atoms with Crippen molar-refractivity contribution in [1.82, 2.24) is 10.2 Å². The Morgan fingerprint density at radius 2 is 1.88 bits per heavy atom. The third-order valence-corrected chi connectivity index (χ3v) is 6.92. The predicted octanol–water partition coefficient (Wildman–Crippen LogP) is 2.53. The highest BCUT2D eigenvalue weighted by Gasteiger charge is 2.26. The Hall–Kier alpha value is -2.55. The molecule has 2 N–H and O–H groups in total. The quantitative estimate of drug-likeness (QED) is 0.516. The first-order valence-electron chi connectivity index (χ1n) is 10.9. The van der Waals surface area contributed by atoms with Gasteiger partial charge in [-0.2, -0.15) is 0 Å². The highest BCUT2D eigenvalue weighted by Crippen LogP contribution is 2.31. The van der Waals surface area contributed by atoms with E-state index in [2.05, 4.69) is 45.7 Å². The van der Waals surface area contributed by atoms with Gasteiger partial charge in [0.1, 0.15) is 0 Å². The number of ether oxygens (including phenoxy) is 1. The molecule has 0 bridgehead atoms. The summed E-state index contributed by atoms with van der Waals surface area (Å²) in [4.78, 5) is 30.6. The molecule has 0 aliphatic carbocycles. The smallest absolute Gasteiger partial charge is 0.313 e. The summed E-state index contributed by atoms with van der Waals surface area (Å²) in [5.41, 5.74) is 4.41. The van der Waals surface area contributed by atoms with Crippen LogP contribution in [0.25, 0.3) is 0 Å². The third-order valence-electron chi connectivity index (χ3n) is 6.12. The highest BCUT2D eigenvalue weighted by atomic mass is 32.2. The zero-order chi connectivity index (χ0) is 22.5. The third kappa shape index (κ3) is 5.09. The van der Waals surface area contributed by atoms with E-state index in [0.717, 1.165) is 36.5 Å². The van der Waals surface area contributed by atoms with Crippen LogP contribution in [0.2, 0.25) is 0 Å². The Morgan fingerprint density at radius 3 is 2.66 bits per heavy atom. The number of benzene rings is 2. The average Bonchev–Trinajstić information content (AvgIpc) is 3.20. The molecule has 0 aromatic heterocycles.